The minimum Gasteiger partial charge on any atom is -0.492 e. The number of piperazine rings is 1. The van der Waals surface area contributed by atoms with E-state index in [1.54, 1.807) is 41.1 Å². The van der Waals surface area contributed by atoms with Crippen LogP contribution in [0.15, 0.2) is 59.6 Å². The Hall–Kier alpha value is -3.12. The van der Waals surface area contributed by atoms with Crippen LogP contribution in [-0.4, -0.2) is 72.6 Å². The van der Waals surface area contributed by atoms with Crippen LogP contribution < -0.4 is 20.4 Å². The third kappa shape index (κ3) is 6.95. The lowest BCUT2D eigenvalue weighted by Gasteiger charge is -2.32. The van der Waals surface area contributed by atoms with Crippen molar-refractivity contribution in [3.8, 4) is 16.2 Å². The van der Waals surface area contributed by atoms with Crippen LogP contribution in [0.4, 0.5) is 9.93 Å². The number of carbonyl (C=O) groups is 2. The van der Waals surface area contributed by atoms with E-state index in [1.165, 1.54) is 0 Å². The molecule has 0 aliphatic carbocycles. The van der Waals surface area contributed by atoms with E-state index in [-0.39, 0.29) is 5.91 Å². The van der Waals surface area contributed by atoms with E-state index < -0.39 is 5.24 Å². The lowest BCUT2D eigenvalue weighted by Crippen LogP contribution is -2.44. The van der Waals surface area contributed by atoms with Crippen LogP contribution in [0.5, 0.6) is 5.75 Å². The lowest BCUT2D eigenvalue weighted by molar-refractivity contribution is 0.0947. The quantitative estimate of drug-likeness (QED) is 0.182. The molecule has 1 aliphatic heterocycles. The van der Waals surface area contributed by atoms with Gasteiger partial charge in [-0.3, -0.25) is 14.8 Å². The molecule has 0 spiro atoms. The van der Waals surface area contributed by atoms with Gasteiger partial charge in [0.05, 0.1) is 11.4 Å². The summed E-state index contributed by atoms with van der Waals surface area (Å²) in [5.74, 6) is 0.460. The molecule has 1 aliphatic rings. The number of benzene rings is 2. The Bertz CT molecular complexity index is 1130. The van der Waals surface area contributed by atoms with Crippen LogP contribution in [0.2, 0.25) is 0 Å². The van der Waals surface area contributed by atoms with Crippen LogP contribution in [0, 0.1) is 0 Å². The van der Waals surface area contributed by atoms with E-state index in [0.29, 0.717) is 29.4 Å². The van der Waals surface area contributed by atoms with Gasteiger partial charge in [-0.05, 0) is 60.8 Å². The second kappa shape index (κ2) is 12.0. The predicted molar refractivity (Wildman–Crippen MR) is 138 cm³/mol. The number of rotatable bonds is 8. The van der Waals surface area contributed by atoms with Gasteiger partial charge in [0.15, 0.2) is 5.13 Å². The number of hydrogen-bond donors (Lipinski definition) is 3. The standard InChI is InChI=1S/C24H27N5O4S2/c1-28-11-13-29(14-12-28)23-26-16-21(35-23)17-2-4-18(5-3-17)22(30)25-10-15-33-19-6-8-20(9-7-19)34-24(31)27-32/h2-9,16,32H,10-15H2,1H3,(H,25,30)(H,27,31). The fraction of sp³-hybridized carbons (Fsp3) is 0.292. The molecule has 1 saturated heterocycles. The average molecular weight is 514 g/mol. The molecule has 184 valence electrons. The summed E-state index contributed by atoms with van der Waals surface area (Å²) in [6, 6.07) is 14.4. The molecule has 0 radical (unpaired) electrons. The maximum absolute atomic E-state index is 12.5. The first-order chi connectivity index (χ1) is 17.0. The molecule has 11 heteroatoms. The van der Waals surface area contributed by atoms with Gasteiger partial charge in [0, 0.05) is 42.8 Å². The zero-order valence-electron chi connectivity index (χ0n) is 19.3. The van der Waals surface area contributed by atoms with E-state index in [1.807, 2.05) is 30.5 Å². The van der Waals surface area contributed by atoms with Crippen LogP contribution in [0.3, 0.4) is 0 Å². The maximum atomic E-state index is 12.5. The molecule has 0 unspecified atom stereocenters. The molecule has 9 nitrogen and oxygen atoms in total. The molecule has 0 saturated carbocycles. The molecule has 3 aromatic rings. The SMILES string of the molecule is CN1CCN(c2ncc(-c3ccc(C(=O)NCCOc4ccc(SC(=O)NO)cc4)cc3)s2)CC1. The van der Waals surface area contributed by atoms with E-state index in [4.69, 9.17) is 9.94 Å². The number of nitrogens with one attached hydrogen (secondary N) is 2. The monoisotopic (exact) mass is 513 g/mol. The molecule has 0 bridgehead atoms. The number of thiazole rings is 1. The van der Waals surface area contributed by atoms with Crippen molar-refractivity contribution in [3.05, 3.63) is 60.3 Å². The number of anilines is 1. The Morgan fingerprint density at radius 1 is 1.09 bits per heavy atom. The number of aromatic nitrogens is 1. The number of amides is 2. The average Bonchev–Trinajstić information content (AvgIpc) is 3.38. The van der Waals surface area contributed by atoms with Crippen molar-refractivity contribution in [2.24, 2.45) is 0 Å². The number of hydroxylamine groups is 1. The Morgan fingerprint density at radius 2 is 1.80 bits per heavy atom. The van der Waals surface area contributed by atoms with E-state index in [2.05, 4.69) is 27.1 Å². The largest absolute Gasteiger partial charge is 0.492 e. The Morgan fingerprint density at radius 3 is 2.49 bits per heavy atom. The van der Waals surface area contributed by atoms with Crippen LogP contribution in [0.1, 0.15) is 10.4 Å². The van der Waals surface area contributed by atoms with E-state index >= 15 is 0 Å². The van der Waals surface area contributed by atoms with Gasteiger partial charge >= 0.3 is 5.24 Å². The molecule has 3 N–H and O–H groups in total. The van der Waals surface area contributed by atoms with Crippen LogP contribution in [0.25, 0.3) is 10.4 Å². The first-order valence-corrected chi connectivity index (χ1v) is 12.8. The third-order valence-corrected chi connectivity index (χ3v) is 7.37. The molecular formula is C24H27N5O4S2. The Balaban J connectivity index is 1.22. The fourth-order valence-electron chi connectivity index (χ4n) is 3.50. The van der Waals surface area contributed by atoms with Crippen LogP contribution in [-0.2, 0) is 0 Å². The second-order valence-corrected chi connectivity index (χ2v) is 10.0. The minimum atomic E-state index is -0.558. The Labute approximate surface area is 212 Å². The number of carbonyl (C=O) groups excluding carboxylic acids is 2. The smallest absolute Gasteiger partial charge is 0.307 e. The minimum absolute atomic E-state index is 0.163. The zero-order chi connectivity index (χ0) is 24.6. The first-order valence-electron chi connectivity index (χ1n) is 11.1. The highest BCUT2D eigenvalue weighted by atomic mass is 32.2. The highest BCUT2D eigenvalue weighted by Gasteiger charge is 2.17. The van der Waals surface area contributed by atoms with Crippen molar-refractivity contribution in [1.29, 1.82) is 0 Å². The molecule has 1 aromatic heterocycles. The summed E-state index contributed by atoms with van der Waals surface area (Å²) in [7, 11) is 2.14. The van der Waals surface area contributed by atoms with Crippen molar-refractivity contribution in [2.75, 3.05) is 51.3 Å². The summed E-state index contributed by atoms with van der Waals surface area (Å²) in [6.45, 7) is 4.72. The lowest BCUT2D eigenvalue weighted by atomic mass is 10.1. The number of likely N-dealkylation sites (N-methyl/N-ethyl adjacent to an activating group) is 1. The van der Waals surface area contributed by atoms with E-state index in [9.17, 15) is 9.59 Å². The molecule has 2 heterocycles. The molecule has 2 aromatic carbocycles. The number of hydrogen-bond acceptors (Lipinski definition) is 9. The first kappa shape index (κ1) is 25.0. The highest BCUT2D eigenvalue weighted by Crippen LogP contribution is 2.31. The van der Waals surface area contributed by atoms with E-state index in [0.717, 1.165) is 53.5 Å². The summed E-state index contributed by atoms with van der Waals surface area (Å²) >= 11 is 2.54. The van der Waals surface area contributed by atoms with Gasteiger partial charge in [-0.1, -0.05) is 23.5 Å². The summed E-state index contributed by atoms with van der Waals surface area (Å²) in [5.41, 5.74) is 3.19. The molecule has 4 rings (SSSR count). The molecular weight excluding hydrogens is 486 g/mol. The number of nitrogens with zero attached hydrogens (tertiary/aromatic N) is 3. The molecule has 1 fully saturated rings. The van der Waals surface area contributed by atoms with Crippen molar-refractivity contribution in [3.63, 3.8) is 0 Å². The third-order valence-electron chi connectivity index (χ3n) is 5.48. The van der Waals surface area contributed by atoms with Gasteiger partial charge in [-0.15, -0.1) is 0 Å². The summed E-state index contributed by atoms with van der Waals surface area (Å²) in [4.78, 5) is 34.6. The van der Waals surface area contributed by atoms with Crippen LogP contribution >= 0.6 is 23.1 Å². The number of thioether (sulfide) groups is 1. The van der Waals surface area contributed by atoms with Gasteiger partial charge < -0.3 is 19.9 Å². The van der Waals surface area contributed by atoms with Crippen molar-refractivity contribution in [2.45, 2.75) is 4.90 Å². The molecule has 35 heavy (non-hydrogen) atoms. The van der Waals surface area contributed by atoms with Gasteiger partial charge in [0.1, 0.15) is 12.4 Å². The predicted octanol–water partition coefficient (Wildman–Crippen LogP) is 3.56. The summed E-state index contributed by atoms with van der Waals surface area (Å²) in [6.07, 6.45) is 1.90. The normalized spacial score (nSPS) is 13.9. The molecule has 0 atom stereocenters. The van der Waals surface area contributed by atoms with Gasteiger partial charge in [0.25, 0.3) is 5.91 Å². The summed E-state index contributed by atoms with van der Waals surface area (Å²) < 4.78 is 5.63. The van der Waals surface area contributed by atoms with Gasteiger partial charge in [-0.2, -0.15) is 0 Å². The van der Waals surface area contributed by atoms with Crippen molar-refractivity contribution < 1.29 is 19.5 Å². The fourth-order valence-corrected chi connectivity index (χ4v) is 5.00. The van der Waals surface area contributed by atoms with Gasteiger partial charge in [-0.25, -0.2) is 10.5 Å². The second-order valence-electron chi connectivity index (χ2n) is 7.95. The maximum Gasteiger partial charge on any atom is 0.307 e. The molecule has 2 amide bonds. The van der Waals surface area contributed by atoms with Crippen molar-refractivity contribution >= 4 is 39.4 Å². The topological polar surface area (TPSA) is 107 Å². The highest BCUT2D eigenvalue weighted by molar-refractivity contribution is 8.13. The van der Waals surface area contributed by atoms with Gasteiger partial charge in [0.2, 0.25) is 0 Å². The number of ether oxygens (including phenoxy) is 1. The van der Waals surface area contributed by atoms with Crippen molar-refractivity contribution in [1.82, 2.24) is 20.7 Å². The Kier molecular flexibility index (Phi) is 8.59. The zero-order valence-corrected chi connectivity index (χ0v) is 20.9. The summed E-state index contributed by atoms with van der Waals surface area (Å²) in [5, 5.41) is 11.9.